The molecule has 0 aliphatic carbocycles. The van der Waals surface area contributed by atoms with Crippen molar-refractivity contribution in [1.82, 2.24) is 9.80 Å². The van der Waals surface area contributed by atoms with Crippen LogP contribution in [0, 0.1) is 0 Å². The van der Waals surface area contributed by atoms with Gasteiger partial charge in [-0.25, -0.2) is 4.79 Å². The standard InChI is InChI=1S/C18H24N2O4/c1-23-16-5-2-14(3-6-16)4-7-17(21)19-10-8-15(9-11-19)20-12-13-24-18(20)22/h2-3,5-6,15H,4,7-13H2,1H3. The Kier molecular flexibility index (Phi) is 5.23. The van der Waals surface area contributed by atoms with Crippen molar-refractivity contribution in [3.8, 4) is 5.75 Å². The Labute approximate surface area is 142 Å². The molecule has 6 nitrogen and oxygen atoms in total. The molecule has 1 aromatic carbocycles. The number of carbonyl (C=O) groups excluding carboxylic acids is 2. The van der Waals surface area contributed by atoms with E-state index < -0.39 is 0 Å². The number of benzene rings is 1. The van der Waals surface area contributed by atoms with E-state index in [0.717, 1.165) is 43.7 Å². The number of amides is 2. The summed E-state index contributed by atoms with van der Waals surface area (Å²) >= 11 is 0. The van der Waals surface area contributed by atoms with E-state index in [9.17, 15) is 9.59 Å². The van der Waals surface area contributed by atoms with Crippen molar-refractivity contribution >= 4 is 12.0 Å². The molecule has 0 radical (unpaired) electrons. The van der Waals surface area contributed by atoms with Gasteiger partial charge in [0.15, 0.2) is 0 Å². The Balaban J connectivity index is 1.44. The molecular formula is C18H24N2O4. The molecule has 1 aromatic rings. The van der Waals surface area contributed by atoms with Crippen LogP contribution in [0.3, 0.4) is 0 Å². The molecule has 130 valence electrons. The van der Waals surface area contributed by atoms with Crippen LogP contribution in [0.1, 0.15) is 24.8 Å². The second-order valence-corrected chi connectivity index (χ2v) is 6.27. The van der Waals surface area contributed by atoms with E-state index in [2.05, 4.69) is 0 Å². The minimum Gasteiger partial charge on any atom is -0.497 e. The molecule has 2 aliphatic heterocycles. The zero-order chi connectivity index (χ0) is 16.9. The fourth-order valence-corrected chi connectivity index (χ4v) is 3.37. The molecule has 0 aromatic heterocycles. The third kappa shape index (κ3) is 3.80. The van der Waals surface area contributed by atoms with Crippen LogP contribution < -0.4 is 4.74 Å². The van der Waals surface area contributed by atoms with E-state index in [0.29, 0.717) is 19.6 Å². The van der Waals surface area contributed by atoms with Crippen molar-refractivity contribution in [2.24, 2.45) is 0 Å². The number of piperidine rings is 1. The van der Waals surface area contributed by atoms with Gasteiger partial charge in [0.1, 0.15) is 12.4 Å². The van der Waals surface area contributed by atoms with Crippen molar-refractivity contribution in [2.45, 2.75) is 31.7 Å². The smallest absolute Gasteiger partial charge is 0.410 e. The lowest BCUT2D eigenvalue weighted by Crippen LogP contribution is -2.47. The van der Waals surface area contributed by atoms with Crippen LogP contribution in [0.4, 0.5) is 4.79 Å². The molecule has 0 N–H and O–H groups in total. The zero-order valence-corrected chi connectivity index (χ0v) is 14.1. The van der Waals surface area contributed by atoms with Gasteiger partial charge in [0.2, 0.25) is 5.91 Å². The molecule has 2 heterocycles. The lowest BCUT2D eigenvalue weighted by molar-refractivity contribution is -0.132. The summed E-state index contributed by atoms with van der Waals surface area (Å²) in [6.07, 6.45) is 2.72. The highest BCUT2D eigenvalue weighted by Crippen LogP contribution is 2.21. The van der Waals surface area contributed by atoms with Crippen molar-refractivity contribution in [3.05, 3.63) is 29.8 Å². The van der Waals surface area contributed by atoms with E-state index in [1.165, 1.54) is 0 Å². The molecule has 2 fully saturated rings. The monoisotopic (exact) mass is 332 g/mol. The van der Waals surface area contributed by atoms with Crippen LogP contribution in [-0.4, -0.2) is 61.2 Å². The number of hydrogen-bond acceptors (Lipinski definition) is 4. The predicted octanol–water partition coefficient (Wildman–Crippen LogP) is 2.07. The normalized spacial score (nSPS) is 18.6. The molecule has 0 spiro atoms. The third-order valence-electron chi connectivity index (χ3n) is 4.84. The first-order chi connectivity index (χ1) is 11.7. The molecule has 0 saturated carbocycles. The quantitative estimate of drug-likeness (QED) is 0.828. The number of methoxy groups -OCH3 is 1. The summed E-state index contributed by atoms with van der Waals surface area (Å²) < 4.78 is 10.1. The van der Waals surface area contributed by atoms with Gasteiger partial charge in [0, 0.05) is 25.6 Å². The van der Waals surface area contributed by atoms with E-state index >= 15 is 0 Å². The average molecular weight is 332 g/mol. The molecular weight excluding hydrogens is 308 g/mol. The third-order valence-corrected chi connectivity index (χ3v) is 4.84. The largest absolute Gasteiger partial charge is 0.497 e. The number of carbonyl (C=O) groups is 2. The number of hydrogen-bond donors (Lipinski definition) is 0. The molecule has 0 atom stereocenters. The average Bonchev–Trinajstić information content (AvgIpc) is 3.06. The molecule has 2 saturated heterocycles. The van der Waals surface area contributed by atoms with Gasteiger partial charge < -0.3 is 19.3 Å². The first kappa shape index (κ1) is 16.6. The van der Waals surface area contributed by atoms with Crippen molar-refractivity contribution in [2.75, 3.05) is 33.4 Å². The zero-order valence-electron chi connectivity index (χ0n) is 14.1. The fraction of sp³-hybridized carbons (Fsp3) is 0.556. The highest BCUT2D eigenvalue weighted by molar-refractivity contribution is 5.76. The fourth-order valence-electron chi connectivity index (χ4n) is 3.37. The molecule has 0 unspecified atom stereocenters. The van der Waals surface area contributed by atoms with Crippen LogP contribution in [0.15, 0.2) is 24.3 Å². The minimum absolute atomic E-state index is 0.188. The van der Waals surface area contributed by atoms with Crippen molar-refractivity contribution in [1.29, 1.82) is 0 Å². The maximum absolute atomic E-state index is 12.4. The molecule has 24 heavy (non-hydrogen) atoms. The Morgan fingerprint density at radius 1 is 1.21 bits per heavy atom. The van der Waals surface area contributed by atoms with Crippen molar-refractivity contribution in [3.63, 3.8) is 0 Å². The number of cyclic esters (lactones) is 1. The Hall–Kier alpha value is -2.24. The van der Waals surface area contributed by atoms with Gasteiger partial charge in [0.05, 0.1) is 13.7 Å². The molecule has 3 rings (SSSR count). The Morgan fingerprint density at radius 2 is 1.92 bits per heavy atom. The predicted molar refractivity (Wildman–Crippen MR) is 89.0 cm³/mol. The summed E-state index contributed by atoms with van der Waals surface area (Å²) in [5, 5.41) is 0. The van der Waals surface area contributed by atoms with Gasteiger partial charge in [-0.3, -0.25) is 4.79 Å². The number of rotatable bonds is 5. The maximum atomic E-state index is 12.4. The van der Waals surface area contributed by atoms with Crippen LogP contribution in [-0.2, 0) is 16.0 Å². The molecule has 0 bridgehead atoms. The maximum Gasteiger partial charge on any atom is 0.410 e. The summed E-state index contributed by atoms with van der Waals surface area (Å²) in [7, 11) is 1.64. The lowest BCUT2D eigenvalue weighted by Gasteiger charge is -2.35. The van der Waals surface area contributed by atoms with E-state index in [1.54, 1.807) is 12.0 Å². The molecule has 2 aliphatic rings. The number of aryl methyl sites for hydroxylation is 1. The van der Waals surface area contributed by atoms with Gasteiger partial charge in [-0.2, -0.15) is 0 Å². The highest BCUT2D eigenvalue weighted by atomic mass is 16.6. The summed E-state index contributed by atoms with van der Waals surface area (Å²) in [6.45, 7) is 2.60. The van der Waals surface area contributed by atoms with E-state index in [-0.39, 0.29) is 18.0 Å². The molecule has 6 heteroatoms. The van der Waals surface area contributed by atoms with Crippen LogP contribution in [0.2, 0.25) is 0 Å². The second-order valence-electron chi connectivity index (χ2n) is 6.27. The Morgan fingerprint density at radius 3 is 2.50 bits per heavy atom. The van der Waals surface area contributed by atoms with Crippen molar-refractivity contribution < 1.29 is 19.1 Å². The second kappa shape index (κ2) is 7.55. The first-order valence-corrected chi connectivity index (χ1v) is 8.51. The Bertz CT molecular complexity index is 579. The first-order valence-electron chi connectivity index (χ1n) is 8.51. The summed E-state index contributed by atoms with van der Waals surface area (Å²) in [4.78, 5) is 27.7. The summed E-state index contributed by atoms with van der Waals surface area (Å²) in [5.41, 5.74) is 1.14. The van der Waals surface area contributed by atoms with Crippen LogP contribution in [0.25, 0.3) is 0 Å². The van der Waals surface area contributed by atoms with Gasteiger partial charge >= 0.3 is 6.09 Å². The summed E-state index contributed by atoms with van der Waals surface area (Å²) in [5.74, 6) is 1.01. The van der Waals surface area contributed by atoms with Gasteiger partial charge in [-0.15, -0.1) is 0 Å². The minimum atomic E-state index is -0.209. The lowest BCUT2D eigenvalue weighted by atomic mass is 10.0. The summed E-state index contributed by atoms with van der Waals surface area (Å²) in [6, 6.07) is 8.04. The van der Waals surface area contributed by atoms with Gasteiger partial charge in [-0.05, 0) is 37.0 Å². The number of likely N-dealkylation sites (tertiary alicyclic amines) is 1. The van der Waals surface area contributed by atoms with Gasteiger partial charge in [-0.1, -0.05) is 12.1 Å². The van der Waals surface area contributed by atoms with E-state index in [4.69, 9.17) is 9.47 Å². The molecule has 2 amide bonds. The van der Waals surface area contributed by atoms with Gasteiger partial charge in [0.25, 0.3) is 0 Å². The topological polar surface area (TPSA) is 59.1 Å². The number of ether oxygens (including phenoxy) is 2. The van der Waals surface area contributed by atoms with Crippen LogP contribution >= 0.6 is 0 Å². The highest BCUT2D eigenvalue weighted by Gasteiger charge is 2.33. The van der Waals surface area contributed by atoms with Crippen LogP contribution in [0.5, 0.6) is 5.75 Å². The number of nitrogens with zero attached hydrogens (tertiary/aromatic N) is 2. The van der Waals surface area contributed by atoms with E-state index in [1.807, 2.05) is 29.2 Å². The SMILES string of the molecule is COc1ccc(CCC(=O)N2CCC(N3CCOC3=O)CC2)cc1.